The van der Waals surface area contributed by atoms with Crippen molar-refractivity contribution in [2.24, 2.45) is 0 Å². The van der Waals surface area contributed by atoms with Crippen LogP contribution >= 0.6 is 0 Å². The quantitative estimate of drug-likeness (QED) is 0.526. The standard InChI is InChI=1S/C17H12O3/c18-17(20-16-4-2-1-3-5-16)14-8-6-13(7-9-14)15-10-11-19-12-15/h1-12H. The van der Waals surface area contributed by atoms with E-state index in [2.05, 4.69) is 0 Å². The van der Waals surface area contributed by atoms with Crippen LogP contribution in [0.3, 0.4) is 0 Å². The Morgan fingerprint density at radius 2 is 1.60 bits per heavy atom. The monoisotopic (exact) mass is 264 g/mol. The Morgan fingerprint density at radius 3 is 2.25 bits per heavy atom. The molecule has 3 rings (SSSR count). The third kappa shape index (κ3) is 2.62. The van der Waals surface area contributed by atoms with Crippen molar-refractivity contribution in [2.75, 3.05) is 0 Å². The highest BCUT2D eigenvalue weighted by molar-refractivity contribution is 5.91. The van der Waals surface area contributed by atoms with Crippen molar-refractivity contribution in [3.05, 3.63) is 78.8 Å². The van der Waals surface area contributed by atoms with Crippen LogP contribution in [0, 0.1) is 0 Å². The summed E-state index contributed by atoms with van der Waals surface area (Å²) in [7, 11) is 0. The average molecular weight is 264 g/mol. The van der Waals surface area contributed by atoms with E-state index in [1.165, 1.54) is 0 Å². The van der Waals surface area contributed by atoms with E-state index in [4.69, 9.17) is 9.15 Å². The van der Waals surface area contributed by atoms with E-state index in [0.717, 1.165) is 11.1 Å². The van der Waals surface area contributed by atoms with E-state index < -0.39 is 0 Å². The molecule has 0 amide bonds. The smallest absolute Gasteiger partial charge is 0.343 e. The fourth-order valence-electron chi connectivity index (χ4n) is 1.88. The van der Waals surface area contributed by atoms with Gasteiger partial charge in [0.25, 0.3) is 0 Å². The number of ether oxygens (including phenoxy) is 1. The molecule has 0 aliphatic carbocycles. The molecule has 0 atom stereocenters. The van der Waals surface area contributed by atoms with Gasteiger partial charge in [-0.3, -0.25) is 0 Å². The van der Waals surface area contributed by atoms with Crippen LogP contribution < -0.4 is 4.74 Å². The van der Waals surface area contributed by atoms with Gasteiger partial charge in [0.2, 0.25) is 0 Å². The van der Waals surface area contributed by atoms with E-state index in [-0.39, 0.29) is 5.97 Å². The highest BCUT2D eigenvalue weighted by Crippen LogP contribution is 2.20. The topological polar surface area (TPSA) is 39.4 Å². The molecule has 0 fully saturated rings. The summed E-state index contributed by atoms with van der Waals surface area (Å²) in [6.45, 7) is 0. The van der Waals surface area contributed by atoms with Crippen LogP contribution in [0.25, 0.3) is 11.1 Å². The second-order valence-electron chi connectivity index (χ2n) is 4.29. The SMILES string of the molecule is O=C(Oc1ccccc1)c1ccc(-c2ccoc2)cc1. The molecule has 1 aromatic heterocycles. The first kappa shape index (κ1) is 12.2. The van der Waals surface area contributed by atoms with Crippen molar-refractivity contribution < 1.29 is 13.9 Å². The maximum atomic E-state index is 12.0. The van der Waals surface area contributed by atoms with Crippen LogP contribution in [-0.4, -0.2) is 5.97 Å². The Hall–Kier alpha value is -2.81. The number of hydrogen-bond acceptors (Lipinski definition) is 3. The number of carbonyl (C=O) groups is 1. The minimum Gasteiger partial charge on any atom is -0.472 e. The summed E-state index contributed by atoms with van der Waals surface area (Å²) in [6, 6.07) is 18.1. The molecule has 0 saturated carbocycles. The second-order valence-corrected chi connectivity index (χ2v) is 4.29. The van der Waals surface area contributed by atoms with Crippen molar-refractivity contribution in [3.63, 3.8) is 0 Å². The molecule has 0 unspecified atom stereocenters. The lowest BCUT2D eigenvalue weighted by atomic mass is 10.1. The number of rotatable bonds is 3. The highest BCUT2D eigenvalue weighted by atomic mass is 16.5. The molecule has 3 aromatic rings. The zero-order valence-electron chi connectivity index (χ0n) is 10.7. The summed E-state index contributed by atoms with van der Waals surface area (Å²) in [5, 5.41) is 0. The fraction of sp³-hybridized carbons (Fsp3) is 0. The van der Waals surface area contributed by atoms with E-state index >= 15 is 0 Å². The minimum absolute atomic E-state index is 0.366. The fourth-order valence-corrected chi connectivity index (χ4v) is 1.88. The molecule has 98 valence electrons. The predicted molar refractivity (Wildman–Crippen MR) is 75.5 cm³/mol. The van der Waals surface area contributed by atoms with Crippen molar-refractivity contribution in [2.45, 2.75) is 0 Å². The van der Waals surface area contributed by atoms with Crippen LogP contribution in [0.1, 0.15) is 10.4 Å². The second kappa shape index (κ2) is 5.45. The minimum atomic E-state index is -0.366. The van der Waals surface area contributed by atoms with Gasteiger partial charge in [0.05, 0.1) is 18.1 Å². The summed E-state index contributed by atoms with van der Waals surface area (Å²) >= 11 is 0. The molecule has 20 heavy (non-hydrogen) atoms. The Labute approximate surface area is 116 Å². The molecular weight excluding hydrogens is 252 g/mol. The summed E-state index contributed by atoms with van der Waals surface area (Å²) in [5.74, 6) is 0.173. The van der Waals surface area contributed by atoms with Crippen molar-refractivity contribution in [1.29, 1.82) is 0 Å². The van der Waals surface area contributed by atoms with E-state index in [0.29, 0.717) is 11.3 Å². The maximum absolute atomic E-state index is 12.0. The molecule has 3 nitrogen and oxygen atoms in total. The first-order valence-corrected chi connectivity index (χ1v) is 6.23. The van der Waals surface area contributed by atoms with Crippen molar-refractivity contribution >= 4 is 5.97 Å². The van der Waals surface area contributed by atoms with Gasteiger partial charge < -0.3 is 9.15 Å². The molecule has 0 radical (unpaired) electrons. The third-order valence-corrected chi connectivity index (χ3v) is 2.93. The Morgan fingerprint density at radius 1 is 0.850 bits per heavy atom. The summed E-state index contributed by atoms with van der Waals surface area (Å²) in [5.41, 5.74) is 2.49. The first-order chi connectivity index (χ1) is 9.83. The Kier molecular flexibility index (Phi) is 3.33. The van der Waals surface area contributed by atoms with Gasteiger partial charge in [-0.15, -0.1) is 0 Å². The van der Waals surface area contributed by atoms with Crippen LogP contribution in [0.4, 0.5) is 0 Å². The number of hydrogen-bond donors (Lipinski definition) is 0. The largest absolute Gasteiger partial charge is 0.472 e. The van der Waals surface area contributed by atoms with Crippen LogP contribution in [0.15, 0.2) is 77.6 Å². The molecule has 0 N–H and O–H groups in total. The number of benzene rings is 2. The van der Waals surface area contributed by atoms with Crippen molar-refractivity contribution in [1.82, 2.24) is 0 Å². The number of para-hydroxylation sites is 1. The number of carbonyl (C=O) groups excluding carboxylic acids is 1. The van der Waals surface area contributed by atoms with Gasteiger partial charge in [-0.05, 0) is 35.9 Å². The Bertz CT molecular complexity index is 683. The summed E-state index contributed by atoms with van der Waals surface area (Å²) in [4.78, 5) is 12.0. The highest BCUT2D eigenvalue weighted by Gasteiger charge is 2.08. The number of esters is 1. The van der Waals surface area contributed by atoms with Crippen LogP contribution in [-0.2, 0) is 0 Å². The first-order valence-electron chi connectivity index (χ1n) is 6.23. The van der Waals surface area contributed by atoms with E-state index in [9.17, 15) is 4.79 Å². The lowest BCUT2D eigenvalue weighted by Crippen LogP contribution is -2.08. The predicted octanol–water partition coefficient (Wildman–Crippen LogP) is 4.17. The van der Waals surface area contributed by atoms with Gasteiger partial charge in [-0.25, -0.2) is 4.79 Å². The van der Waals surface area contributed by atoms with Crippen LogP contribution in [0.2, 0.25) is 0 Å². The average Bonchev–Trinajstić information content (AvgIpc) is 3.03. The van der Waals surface area contributed by atoms with Crippen LogP contribution in [0.5, 0.6) is 5.75 Å². The maximum Gasteiger partial charge on any atom is 0.343 e. The third-order valence-electron chi connectivity index (χ3n) is 2.93. The van der Waals surface area contributed by atoms with Gasteiger partial charge in [0.15, 0.2) is 0 Å². The zero-order valence-corrected chi connectivity index (χ0v) is 10.7. The lowest BCUT2D eigenvalue weighted by Gasteiger charge is -2.04. The van der Waals surface area contributed by atoms with Gasteiger partial charge in [0.1, 0.15) is 5.75 Å². The molecule has 0 saturated heterocycles. The van der Waals surface area contributed by atoms with E-state index in [1.807, 2.05) is 36.4 Å². The zero-order chi connectivity index (χ0) is 13.8. The van der Waals surface area contributed by atoms with Gasteiger partial charge in [-0.1, -0.05) is 30.3 Å². The summed E-state index contributed by atoms with van der Waals surface area (Å²) in [6.07, 6.45) is 3.28. The van der Waals surface area contributed by atoms with Crippen molar-refractivity contribution in [3.8, 4) is 16.9 Å². The Balaban J connectivity index is 1.76. The lowest BCUT2D eigenvalue weighted by molar-refractivity contribution is 0.0735. The molecular formula is C17H12O3. The van der Waals surface area contributed by atoms with Gasteiger partial charge in [-0.2, -0.15) is 0 Å². The molecule has 3 heteroatoms. The number of furan rings is 1. The molecule has 0 aliphatic rings. The normalized spacial score (nSPS) is 10.2. The van der Waals surface area contributed by atoms with Gasteiger partial charge in [0, 0.05) is 5.56 Å². The molecule has 0 spiro atoms. The van der Waals surface area contributed by atoms with Gasteiger partial charge >= 0.3 is 5.97 Å². The summed E-state index contributed by atoms with van der Waals surface area (Å²) < 4.78 is 10.3. The molecule has 2 aromatic carbocycles. The molecule has 0 bridgehead atoms. The molecule has 0 aliphatic heterocycles. The van der Waals surface area contributed by atoms with E-state index in [1.54, 1.807) is 36.8 Å². The molecule has 1 heterocycles.